The fourth-order valence-electron chi connectivity index (χ4n) is 4.69. The van der Waals surface area contributed by atoms with Gasteiger partial charge in [-0.05, 0) is 52.9 Å². The molecule has 4 aromatic carbocycles. The zero-order valence-corrected chi connectivity index (χ0v) is 23.7. The molecule has 4 aromatic rings. The van der Waals surface area contributed by atoms with E-state index in [-0.39, 0.29) is 24.8 Å². The molecule has 212 valence electrons. The van der Waals surface area contributed by atoms with Crippen LogP contribution in [0.15, 0.2) is 103 Å². The van der Waals surface area contributed by atoms with Gasteiger partial charge in [-0.25, -0.2) is 0 Å². The maximum Gasteiger partial charge on any atom is 0.247 e. The van der Waals surface area contributed by atoms with Crippen LogP contribution in [-0.4, -0.2) is 44.6 Å². The van der Waals surface area contributed by atoms with E-state index in [0.29, 0.717) is 24.5 Å². The van der Waals surface area contributed by atoms with Crippen LogP contribution in [0.2, 0.25) is 0 Å². The molecule has 0 aliphatic heterocycles. The fraction of sp³-hybridized carbons (Fsp3) is 0.235. The number of nitrogens with zero attached hydrogens (tertiary/aromatic N) is 1. The summed E-state index contributed by atoms with van der Waals surface area (Å²) < 4.78 is 16.0. The van der Waals surface area contributed by atoms with E-state index in [1.54, 1.807) is 26.2 Å². The Morgan fingerprint density at radius 3 is 1.98 bits per heavy atom. The summed E-state index contributed by atoms with van der Waals surface area (Å²) in [5.41, 5.74) is 3.52. The maximum absolute atomic E-state index is 13.9. The van der Waals surface area contributed by atoms with E-state index in [1.165, 1.54) is 0 Å². The number of rotatable bonds is 13. The molecule has 0 aliphatic rings. The molecule has 0 spiro atoms. The van der Waals surface area contributed by atoms with E-state index in [0.717, 1.165) is 28.0 Å². The largest absolute Gasteiger partial charge is 0.497 e. The Bertz CT molecular complexity index is 1410. The second-order valence-electron chi connectivity index (χ2n) is 9.58. The van der Waals surface area contributed by atoms with Crippen molar-refractivity contribution >= 4 is 11.8 Å². The molecule has 0 saturated heterocycles. The number of nitrogens with one attached hydrogen (secondary N) is 1. The van der Waals surface area contributed by atoms with Crippen LogP contribution in [-0.2, 0) is 29.0 Å². The van der Waals surface area contributed by atoms with Gasteiger partial charge in [0, 0.05) is 13.1 Å². The summed E-state index contributed by atoms with van der Waals surface area (Å²) >= 11 is 0. The zero-order valence-electron chi connectivity index (χ0n) is 23.7. The molecule has 0 fully saturated rings. The van der Waals surface area contributed by atoms with Gasteiger partial charge in [0.1, 0.15) is 11.8 Å². The first-order chi connectivity index (χ1) is 20.0. The predicted molar refractivity (Wildman–Crippen MR) is 159 cm³/mol. The first-order valence-electron chi connectivity index (χ1n) is 13.5. The molecule has 0 unspecified atom stereocenters. The molecule has 0 aromatic heterocycles. The van der Waals surface area contributed by atoms with Crippen LogP contribution >= 0.6 is 0 Å². The highest BCUT2D eigenvalue weighted by Crippen LogP contribution is 2.28. The normalized spacial score (nSPS) is 11.3. The first kappa shape index (κ1) is 29.2. The third-order valence-corrected chi connectivity index (χ3v) is 6.87. The number of benzene rings is 4. The Kier molecular flexibility index (Phi) is 10.4. The lowest BCUT2D eigenvalue weighted by atomic mass is 10.0. The highest BCUT2D eigenvalue weighted by molar-refractivity contribution is 5.89. The van der Waals surface area contributed by atoms with Gasteiger partial charge in [-0.1, -0.05) is 78.9 Å². The highest BCUT2D eigenvalue weighted by Gasteiger charge is 2.31. The Balaban J connectivity index is 1.60. The lowest BCUT2D eigenvalue weighted by molar-refractivity contribution is -0.141. The Morgan fingerprint density at radius 1 is 0.707 bits per heavy atom. The molecule has 0 aliphatic carbocycles. The fourth-order valence-corrected chi connectivity index (χ4v) is 4.69. The van der Waals surface area contributed by atoms with Crippen LogP contribution < -0.4 is 19.5 Å². The van der Waals surface area contributed by atoms with Crippen molar-refractivity contribution in [2.24, 2.45) is 0 Å². The lowest BCUT2D eigenvalue weighted by Gasteiger charge is -2.32. The molecule has 7 nitrogen and oxygen atoms in total. The van der Waals surface area contributed by atoms with Gasteiger partial charge in [-0.2, -0.15) is 0 Å². The van der Waals surface area contributed by atoms with Gasteiger partial charge in [0.2, 0.25) is 11.8 Å². The number of hydrogen-bond acceptors (Lipinski definition) is 5. The van der Waals surface area contributed by atoms with Crippen LogP contribution in [0.4, 0.5) is 0 Å². The van der Waals surface area contributed by atoms with Gasteiger partial charge in [-0.3, -0.25) is 9.59 Å². The molecule has 0 saturated carbocycles. The smallest absolute Gasteiger partial charge is 0.247 e. The van der Waals surface area contributed by atoms with E-state index in [1.807, 2.05) is 103 Å². The molecule has 1 atom stereocenters. The highest BCUT2D eigenvalue weighted by atomic mass is 16.5. The number of amides is 2. The van der Waals surface area contributed by atoms with E-state index in [2.05, 4.69) is 5.32 Å². The molecule has 0 heterocycles. The van der Waals surface area contributed by atoms with Gasteiger partial charge in [0.25, 0.3) is 0 Å². The molecule has 2 amide bonds. The molecule has 7 heteroatoms. The average molecular weight is 553 g/mol. The van der Waals surface area contributed by atoms with Crippen molar-refractivity contribution in [2.45, 2.75) is 25.4 Å². The quantitative estimate of drug-likeness (QED) is 0.241. The summed E-state index contributed by atoms with van der Waals surface area (Å²) in [6.07, 6.45) is 0.767. The van der Waals surface area contributed by atoms with Crippen molar-refractivity contribution in [1.82, 2.24) is 10.2 Å². The Labute approximate surface area is 241 Å². The van der Waals surface area contributed by atoms with Crippen molar-refractivity contribution in [3.8, 4) is 17.2 Å². The first-order valence-corrected chi connectivity index (χ1v) is 13.5. The SMILES string of the molecule is COc1ccc(CN(C(=O)Cc2ccccc2)[C@@H](C(=O)NCCc2ccc(OC)c(OC)c2)c2ccccc2)cc1. The van der Waals surface area contributed by atoms with Crippen LogP contribution in [0.3, 0.4) is 0 Å². The molecule has 0 bridgehead atoms. The van der Waals surface area contributed by atoms with Gasteiger partial charge in [-0.15, -0.1) is 0 Å². The summed E-state index contributed by atoms with van der Waals surface area (Å²) in [4.78, 5) is 29.4. The lowest BCUT2D eigenvalue weighted by Crippen LogP contribution is -2.44. The summed E-state index contributed by atoms with van der Waals surface area (Å²) in [5, 5.41) is 3.07. The van der Waals surface area contributed by atoms with E-state index < -0.39 is 6.04 Å². The molecule has 41 heavy (non-hydrogen) atoms. The third kappa shape index (κ3) is 7.88. The molecular formula is C34H36N2O5. The summed E-state index contributed by atoms with van der Waals surface area (Å²) in [6.45, 7) is 0.652. The van der Waals surface area contributed by atoms with Gasteiger partial charge >= 0.3 is 0 Å². The van der Waals surface area contributed by atoms with Crippen molar-refractivity contribution in [2.75, 3.05) is 27.9 Å². The van der Waals surface area contributed by atoms with Crippen molar-refractivity contribution < 1.29 is 23.8 Å². The standard InChI is InChI=1S/C34H36N2O5/c1-39-29-17-14-27(15-18-29)24-36(32(37)23-25-10-6-4-7-11-25)33(28-12-8-5-9-13-28)34(38)35-21-20-26-16-19-30(40-2)31(22-26)41-3/h4-19,22,33H,20-21,23-24H2,1-3H3,(H,35,38)/t33-/m1/s1. The zero-order chi connectivity index (χ0) is 29.0. The van der Waals surface area contributed by atoms with Crippen LogP contribution in [0.25, 0.3) is 0 Å². The second kappa shape index (κ2) is 14.6. The average Bonchev–Trinajstić information content (AvgIpc) is 3.02. The van der Waals surface area contributed by atoms with Crippen molar-refractivity contribution in [3.05, 3.63) is 125 Å². The molecule has 4 rings (SSSR count). The van der Waals surface area contributed by atoms with Crippen LogP contribution in [0, 0.1) is 0 Å². The minimum absolute atomic E-state index is 0.143. The van der Waals surface area contributed by atoms with Gasteiger partial charge in [0.05, 0.1) is 27.8 Å². The Morgan fingerprint density at radius 2 is 1.34 bits per heavy atom. The van der Waals surface area contributed by atoms with Gasteiger partial charge in [0.15, 0.2) is 11.5 Å². The summed E-state index contributed by atoms with van der Waals surface area (Å²) in [7, 11) is 4.80. The summed E-state index contributed by atoms with van der Waals surface area (Å²) in [5.74, 6) is 1.62. The molecule has 1 N–H and O–H groups in total. The number of hydrogen-bond donors (Lipinski definition) is 1. The number of methoxy groups -OCH3 is 3. The number of carbonyl (C=O) groups is 2. The monoisotopic (exact) mass is 552 g/mol. The van der Waals surface area contributed by atoms with Crippen molar-refractivity contribution in [3.63, 3.8) is 0 Å². The number of carbonyl (C=O) groups excluding carboxylic acids is 2. The maximum atomic E-state index is 13.9. The minimum Gasteiger partial charge on any atom is -0.497 e. The molecule has 0 radical (unpaired) electrons. The van der Waals surface area contributed by atoms with Crippen molar-refractivity contribution in [1.29, 1.82) is 0 Å². The second-order valence-corrected chi connectivity index (χ2v) is 9.58. The summed E-state index contributed by atoms with van der Waals surface area (Å²) in [6, 6.07) is 31.4. The third-order valence-electron chi connectivity index (χ3n) is 6.87. The van der Waals surface area contributed by atoms with Crippen LogP contribution in [0.1, 0.15) is 28.3 Å². The van der Waals surface area contributed by atoms with Crippen LogP contribution in [0.5, 0.6) is 17.2 Å². The molecular weight excluding hydrogens is 516 g/mol. The Hall–Kier alpha value is -4.78. The van der Waals surface area contributed by atoms with E-state index in [4.69, 9.17) is 14.2 Å². The van der Waals surface area contributed by atoms with E-state index >= 15 is 0 Å². The minimum atomic E-state index is -0.820. The van der Waals surface area contributed by atoms with E-state index in [9.17, 15) is 9.59 Å². The predicted octanol–water partition coefficient (Wildman–Crippen LogP) is 5.38. The van der Waals surface area contributed by atoms with Gasteiger partial charge < -0.3 is 24.4 Å². The topological polar surface area (TPSA) is 77.1 Å². The number of ether oxygens (including phenoxy) is 3.